The number of nitrogens with one attached hydrogen (secondary N) is 1. The molecule has 0 spiro atoms. The van der Waals surface area contributed by atoms with Crippen LogP contribution in [-0.4, -0.2) is 18.2 Å². The maximum absolute atomic E-state index is 12.1. The number of allylic oxidation sites excluding steroid dienone is 1. The van der Waals surface area contributed by atoms with E-state index in [9.17, 15) is 4.79 Å². The molecule has 96 valence electrons. The second kappa shape index (κ2) is 6.10. The van der Waals surface area contributed by atoms with Crippen molar-refractivity contribution in [2.75, 3.05) is 6.26 Å². The van der Waals surface area contributed by atoms with Gasteiger partial charge in [-0.3, -0.25) is 4.79 Å². The molecular weight excluding hydrogens is 242 g/mol. The molecule has 0 atom stereocenters. The first-order valence-electron chi connectivity index (χ1n) is 6.30. The van der Waals surface area contributed by atoms with Crippen LogP contribution in [0.1, 0.15) is 36.0 Å². The minimum absolute atomic E-state index is 0.0418. The molecule has 0 radical (unpaired) electrons. The number of amides is 1. The summed E-state index contributed by atoms with van der Waals surface area (Å²) in [5, 5.41) is 3.11. The van der Waals surface area contributed by atoms with Gasteiger partial charge in [-0.15, -0.1) is 11.8 Å². The molecule has 2 rings (SSSR count). The molecule has 2 nitrogen and oxygen atoms in total. The Labute approximate surface area is 113 Å². The summed E-state index contributed by atoms with van der Waals surface area (Å²) in [6, 6.07) is 8.07. The van der Waals surface area contributed by atoms with Crippen LogP contribution in [0.15, 0.2) is 41.3 Å². The zero-order valence-electron chi connectivity index (χ0n) is 10.7. The third-order valence-corrected chi connectivity index (χ3v) is 4.12. The van der Waals surface area contributed by atoms with Crippen LogP contribution in [0.25, 0.3) is 0 Å². The van der Waals surface area contributed by atoms with Crippen LogP contribution < -0.4 is 5.32 Å². The van der Waals surface area contributed by atoms with E-state index in [4.69, 9.17) is 0 Å². The van der Waals surface area contributed by atoms with E-state index in [0.29, 0.717) is 6.04 Å². The van der Waals surface area contributed by atoms with Gasteiger partial charge in [-0.25, -0.2) is 0 Å². The smallest absolute Gasteiger partial charge is 0.251 e. The Morgan fingerprint density at radius 1 is 1.28 bits per heavy atom. The van der Waals surface area contributed by atoms with Crippen molar-refractivity contribution in [3.05, 3.63) is 42.0 Å². The third kappa shape index (κ3) is 3.39. The lowest BCUT2D eigenvalue weighted by atomic mass is 9.92. The molecule has 1 fully saturated rings. The Balaban J connectivity index is 1.92. The average Bonchev–Trinajstić information content (AvgIpc) is 2.41. The van der Waals surface area contributed by atoms with Crippen molar-refractivity contribution in [2.45, 2.75) is 36.6 Å². The average molecular weight is 261 g/mol. The summed E-state index contributed by atoms with van der Waals surface area (Å²) in [7, 11) is 0. The molecule has 0 heterocycles. The van der Waals surface area contributed by atoms with Crippen LogP contribution in [0.4, 0.5) is 0 Å². The van der Waals surface area contributed by atoms with Gasteiger partial charge in [0.15, 0.2) is 0 Å². The van der Waals surface area contributed by atoms with E-state index in [-0.39, 0.29) is 5.91 Å². The first-order valence-corrected chi connectivity index (χ1v) is 7.53. The maximum atomic E-state index is 12.1. The van der Waals surface area contributed by atoms with Crippen molar-refractivity contribution in [3.63, 3.8) is 0 Å². The highest BCUT2D eigenvalue weighted by atomic mass is 32.2. The number of hydrogen-bond donors (Lipinski definition) is 1. The van der Waals surface area contributed by atoms with E-state index >= 15 is 0 Å². The lowest BCUT2D eigenvalue weighted by Gasteiger charge is -2.24. The zero-order valence-corrected chi connectivity index (χ0v) is 11.6. The van der Waals surface area contributed by atoms with Crippen LogP contribution in [-0.2, 0) is 0 Å². The molecule has 18 heavy (non-hydrogen) atoms. The summed E-state index contributed by atoms with van der Waals surface area (Å²) in [4.78, 5) is 13.2. The minimum Gasteiger partial charge on any atom is -0.349 e. The molecule has 1 aromatic carbocycles. The van der Waals surface area contributed by atoms with E-state index < -0.39 is 0 Å². The summed E-state index contributed by atoms with van der Waals surface area (Å²) in [6.45, 7) is 3.99. The number of hydrogen-bond acceptors (Lipinski definition) is 2. The van der Waals surface area contributed by atoms with Gasteiger partial charge in [-0.1, -0.05) is 12.2 Å². The fourth-order valence-electron chi connectivity index (χ4n) is 2.18. The monoisotopic (exact) mass is 261 g/mol. The lowest BCUT2D eigenvalue weighted by Crippen LogP contribution is -2.36. The first-order chi connectivity index (χ1) is 8.69. The highest BCUT2D eigenvalue weighted by molar-refractivity contribution is 7.98. The van der Waals surface area contributed by atoms with Gasteiger partial charge >= 0.3 is 0 Å². The molecule has 0 aromatic heterocycles. The third-order valence-electron chi connectivity index (χ3n) is 3.38. The highest BCUT2D eigenvalue weighted by Gasteiger charge is 2.18. The molecule has 0 aliphatic heterocycles. The van der Waals surface area contributed by atoms with Crippen molar-refractivity contribution >= 4 is 17.7 Å². The Morgan fingerprint density at radius 2 is 1.89 bits per heavy atom. The summed E-state index contributed by atoms with van der Waals surface area (Å²) in [6.07, 6.45) is 6.15. The predicted molar refractivity (Wildman–Crippen MR) is 77.1 cm³/mol. The summed E-state index contributed by atoms with van der Waals surface area (Å²) >= 11 is 1.68. The van der Waals surface area contributed by atoms with E-state index in [1.54, 1.807) is 11.8 Å². The van der Waals surface area contributed by atoms with Gasteiger partial charge in [0.2, 0.25) is 0 Å². The van der Waals surface area contributed by atoms with Crippen LogP contribution in [0, 0.1) is 0 Å². The molecule has 1 aliphatic rings. The number of carbonyl (C=O) groups excluding carboxylic acids is 1. The Bertz CT molecular complexity index is 428. The van der Waals surface area contributed by atoms with Gasteiger partial charge in [-0.2, -0.15) is 0 Å². The van der Waals surface area contributed by atoms with Gasteiger partial charge in [-0.05, 0) is 56.2 Å². The lowest BCUT2D eigenvalue weighted by molar-refractivity contribution is 0.0930. The molecule has 1 aliphatic carbocycles. The SMILES string of the molecule is C=C1CCC(NC(=O)c2ccc(SC)cc2)CC1. The molecule has 1 N–H and O–H groups in total. The van der Waals surface area contributed by atoms with Gasteiger partial charge in [0.25, 0.3) is 5.91 Å². The first kappa shape index (κ1) is 13.2. The van der Waals surface area contributed by atoms with Crippen LogP contribution in [0.3, 0.4) is 0 Å². The molecule has 0 unspecified atom stereocenters. The second-order valence-corrected chi connectivity index (χ2v) is 5.61. The maximum Gasteiger partial charge on any atom is 0.251 e. The van der Waals surface area contributed by atoms with E-state index in [1.165, 1.54) is 10.5 Å². The summed E-state index contributed by atoms with van der Waals surface area (Å²) in [5.41, 5.74) is 2.06. The second-order valence-electron chi connectivity index (χ2n) is 4.73. The van der Waals surface area contributed by atoms with E-state index in [1.807, 2.05) is 30.5 Å². The zero-order chi connectivity index (χ0) is 13.0. The highest BCUT2D eigenvalue weighted by Crippen LogP contribution is 2.22. The normalized spacial score (nSPS) is 16.6. The van der Waals surface area contributed by atoms with E-state index in [2.05, 4.69) is 11.9 Å². The molecule has 0 bridgehead atoms. The van der Waals surface area contributed by atoms with Crippen LogP contribution >= 0.6 is 11.8 Å². The van der Waals surface area contributed by atoms with Gasteiger partial charge in [0.1, 0.15) is 0 Å². The quantitative estimate of drug-likeness (QED) is 0.665. The molecular formula is C15H19NOS. The fourth-order valence-corrected chi connectivity index (χ4v) is 2.59. The minimum atomic E-state index is 0.0418. The van der Waals surface area contributed by atoms with Crippen molar-refractivity contribution in [1.82, 2.24) is 5.32 Å². The summed E-state index contributed by atoms with van der Waals surface area (Å²) in [5.74, 6) is 0.0418. The molecule has 1 saturated carbocycles. The largest absolute Gasteiger partial charge is 0.349 e. The van der Waals surface area contributed by atoms with Gasteiger partial charge < -0.3 is 5.32 Å². The van der Waals surface area contributed by atoms with E-state index in [0.717, 1.165) is 31.2 Å². The predicted octanol–water partition coefficient (Wildman–Crippen LogP) is 3.64. The molecule has 0 saturated heterocycles. The van der Waals surface area contributed by atoms with Gasteiger partial charge in [0.05, 0.1) is 0 Å². The number of thioether (sulfide) groups is 1. The number of benzene rings is 1. The fraction of sp³-hybridized carbons (Fsp3) is 0.400. The van der Waals surface area contributed by atoms with Crippen molar-refractivity contribution < 1.29 is 4.79 Å². The number of rotatable bonds is 3. The van der Waals surface area contributed by atoms with Crippen molar-refractivity contribution in [3.8, 4) is 0 Å². The Kier molecular flexibility index (Phi) is 4.48. The van der Waals surface area contributed by atoms with Crippen LogP contribution in [0.5, 0.6) is 0 Å². The van der Waals surface area contributed by atoms with Crippen molar-refractivity contribution in [1.29, 1.82) is 0 Å². The van der Waals surface area contributed by atoms with Gasteiger partial charge in [0, 0.05) is 16.5 Å². The number of carbonyl (C=O) groups is 1. The molecule has 1 aromatic rings. The van der Waals surface area contributed by atoms with Crippen molar-refractivity contribution in [2.24, 2.45) is 0 Å². The Hall–Kier alpha value is -1.22. The molecule has 3 heteroatoms. The molecule has 1 amide bonds. The summed E-state index contributed by atoms with van der Waals surface area (Å²) < 4.78 is 0. The topological polar surface area (TPSA) is 29.1 Å². The van der Waals surface area contributed by atoms with Crippen LogP contribution in [0.2, 0.25) is 0 Å². The standard InChI is InChI=1S/C15H19NOS/c1-11-3-7-13(8-4-11)16-15(17)12-5-9-14(18-2)10-6-12/h5-6,9-10,13H,1,3-4,7-8H2,2H3,(H,16,17). The Morgan fingerprint density at radius 3 is 2.44 bits per heavy atom.